The standard InChI is InChI=1S/C18H17N3O3/c19-18(22)23-15-11-9-14(10-12-15)17-20-16(24-21-17)8-4-7-13-5-2-1-3-6-13/h1-3,5-6,9-12H,4,7-8H2,(H2,19,22). The summed E-state index contributed by atoms with van der Waals surface area (Å²) in [5, 5.41) is 3.98. The number of carbonyl (C=O) groups excluding carboxylic acids is 1. The van der Waals surface area contributed by atoms with Crippen molar-refractivity contribution in [2.24, 2.45) is 5.73 Å². The van der Waals surface area contributed by atoms with Crippen molar-refractivity contribution in [3.63, 3.8) is 0 Å². The zero-order valence-corrected chi connectivity index (χ0v) is 13.0. The van der Waals surface area contributed by atoms with Gasteiger partial charge in [-0.1, -0.05) is 35.5 Å². The summed E-state index contributed by atoms with van der Waals surface area (Å²) < 4.78 is 10.1. The normalized spacial score (nSPS) is 10.5. The van der Waals surface area contributed by atoms with Crippen LogP contribution in [0.1, 0.15) is 17.9 Å². The maximum Gasteiger partial charge on any atom is 0.409 e. The number of hydrogen-bond acceptors (Lipinski definition) is 5. The molecule has 122 valence electrons. The Kier molecular flexibility index (Phi) is 4.86. The zero-order chi connectivity index (χ0) is 16.8. The largest absolute Gasteiger partial charge is 0.411 e. The summed E-state index contributed by atoms with van der Waals surface area (Å²) in [6, 6.07) is 17.0. The molecule has 0 radical (unpaired) electrons. The minimum atomic E-state index is -0.844. The Hall–Kier alpha value is -3.15. The molecular formula is C18H17N3O3. The van der Waals surface area contributed by atoms with Crippen molar-refractivity contribution >= 4 is 6.09 Å². The smallest absolute Gasteiger partial charge is 0.409 e. The van der Waals surface area contributed by atoms with E-state index in [2.05, 4.69) is 22.3 Å². The summed E-state index contributed by atoms with van der Waals surface area (Å²) in [5.41, 5.74) is 7.04. The van der Waals surface area contributed by atoms with Crippen LogP contribution in [-0.4, -0.2) is 16.2 Å². The van der Waals surface area contributed by atoms with Gasteiger partial charge >= 0.3 is 6.09 Å². The van der Waals surface area contributed by atoms with Crippen LogP contribution in [-0.2, 0) is 12.8 Å². The van der Waals surface area contributed by atoms with Gasteiger partial charge in [-0.25, -0.2) is 4.79 Å². The van der Waals surface area contributed by atoms with Crippen molar-refractivity contribution in [3.05, 3.63) is 66.1 Å². The van der Waals surface area contributed by atoms with E-state index in [1.54, 1.807) is 24.3 Å². The van der Waals surface area contributed by atoms with E-state index in [1.165, 1.54) is 5.56 Å². The number of rotatable bonds is 6. The number of nitrogens with two attached hydrogens (primary N) is 1. The number of hydrogen-bond donors (Lipinski definition) is 1. The third kappa shape index (κ3) is 4.19. The van der Waals surface area contributed by atoms with Crippen molar-refractivity contribution < 1.29 is 14.1 Å². The first-order valence-corrected chi connectivity index (χ1v) is 7.65. The number of aryl methyl sites for hydroxylation is 2. The van der Waals surface area contributed by atoms with E-state index in [-0.39, 0.29) is 0 Å². The molecule has 0 unspecified atom stereocenters. The quantitative estimate of drug-likeness (QED) is 0.751. The molecule has 0 atom stereocenters. The van der Waals surface area contributed by atoms with Gasteiger partial charge in [-0.3, -0.25) is 0 Å². The van der Waals surface area contributed by atoms with Gasteiger partial charge in [-0.05, 0) is 42.7 Å². The van der Waals surface area contributed by atoms with Gasteiger partial charge in [0.25, 0.3) is 0 Å². The van der Waals surface area contributed by atoms with Gasteiger partial charge in [0.2, 0.25) is 11.7 Å². The number of amides is 1. The molecule has 6 heteroatoms. The molecule has 0 bridgehead atoms. The van der Waals surface area contributed by atoms with Crippen LogP contribution in [0.3, 0.4) is 0 Å². The molecule has 0 spiro atoms. The summed E-state index contributed by atoms with van der Waals surface area (Å²) in [7, 11) is 0. The van der Waals surface area contributed by atoms with Crippen LogP contribution >= 0.6 is 0 Å². The van der Waals surface area contributed by atoms with E-state index in [4.69, 9.17) is 15.0 Å². The Labute approximate surface area is 139 Å². The molecule has 0 aliphatic rings. The molecule has 0 fully saturated rings. The van der Waals surface area contributed by atoms with Crippen molar-refractivity contribution in [1.29, 1.82) is 0 Å². The van der Waals surface area contributed by atoms with Gasteiger partial charge < -0.3 is 15.0 Å². The topological polar surface area (TPSA) is 91.2 Å². The fourth-order valence-electron chi connectivity index (χ4n) is 2.35. The highest BCUT2D eigenvalue weighted by atomic mass is 16.5. The van der Waals surface area contributed by atoms with E-state index < -0.39 is 6.09 Å². The molecule has 1 amide bonds. The average Bonchev–Trinajstić information content (AvgIpc) is 3.05. The highest BCUT2D eigenvalue weighted by Gasteiger charge is 2.09. The lowest BCUT2D eigenvalue weighted by Crippen LogP contribution is -2.16. The highest BCUT2D eigenvalue weighted by molar-refractivity contribution is 5.68. The molecule has 24 heavy (non-hydrogen) atoms. The molecule has 2 aromatic carbocycles. The molecule has 2 N–H and O–H groups in total. The third-order valence-electron chi connectivity index (χ3n) is 3.50. The minimum absolute atomic E-state index is 0.373. The molecule has 0 saturated carbocycles. The summed E-state index contributed by atoms with van der Waals surface area (Å²) in [5.74, 6) is 1.49. The maximum absolute atomic E-state index is 10.7. The van der Waals surface area contributed by atoms with Crippen molar-refractivity contribution in [2.75, 3.05) is 0 Å². The lowest BCUT2D eigenvalue weighted by atomic mass is 10.1. The first kappa shape index (κ1) is 15.7. The van der Waals surface area contributed by atoms with E-state index in [0.29, 0.717) is 17.5 Å². The van der Waals surface area contributed by atoms with Crippen molar-refractivity contribution in [2.45, 2.75) is 19.3 Å². The Morgan fingerprint density at radius 2 is 1.79 bits per heavy atom. The molecule has 6 nitrogen and oxygen atoms in total. The first-order chi connectivity index (χ1) is 11.7. The van der Waals surface area contributed by atoms with Crippen LogP contribution in [0.4, 0.5) is 4.79 Å². The van der Waals surface area contributed by atoms with E-state index >= 15 is 0 Å². The predicted octanol–water partition coefficient (Wildman–Crippen LogP) is 3.37. The Morgan fingerprint density at radius 1 is 1.04 bits per heavy atom. The SMILES string of the molecule is NC(=O)Oc1ccc(-c2noc(CCCc3ccccc3)n2)cc1. The fraction of sp³-hybridized carbons (Fsp3) is 0.167. The van der Waals surface area contributed by atoms with Gasteiger partial charge in [-0.15, -0.1) is 0 Å². The monoisotopic (exact) mass is 323 g/mol. The molecule has 3 rings (SSSR count). The molecule has 0 saturated heterocycles. The summed E-state index contributed by atoms with van der Waals surface area (Å²) in [6.07, 6.45) is 1.79. The van der Waals surface area contributed by atoms with Crippen LogP contribution in [0.5, 0.6) is 5.75 Å². The van der Waals surface area contributed by atoms with Gasteiger partial charge in [0.15, 0.2) is 0 Å². The molecule has 0 aliphatic carbocycles. The Balaban J connectivity index is 1.57. The first-order valence-electron chi connectivity index (χ1n) is 7.65. The number of benzene rings is 2. The van der Waals surface area contributed by atoms with E-state index in [1.807, 2.05) is 18.2 Å². The van der Waals surface area contributed by atoms with Gasteiger partial charge in [0.1, 0.15) is 5.75 Å². The second-order valence-corrected chi connectivity index (χ2v) is 5.30. The van der Waals surface area contributed by atoms with Crippen LogP contribution in [0.2, 0.25) is 0 Å². The molecule has 1 aromatic heterocycles. The second-order valence-electron chi connectivity index (χ2n) is 5.30. The van der Waals surface area contributed by atoms with Crippen molar-refractivity contribution in [3.8, 4) is 17.1 Å². The second kappa shape index (κ2) is 7.41. The molecular weight excluding hydrogens is 306 g/mol. The third-order valence-corrected chi connectivity index (χ3v) is 3.50. The van der Waals surface area contributed by atoms with Gasteiger partial charge in [0.05, 0.1) is 0 Å². The van der Waals surface area contributed by atoms with Crippen LogP contribution in [0.15, 0.2) is 59.1 Å². The van der Waals surface area contributed by atoms with E-state index in [9.17, 15) is 4.79 Å². The summed E-state index contributed by atoms with van der Waals surface area (Å²) in [4.78, 5) is 15.1. The number of ether oxygens (including phenoxy) is 1. The lowest BCUT2D eigenvalue weighted by Gasteiger charge is -2.00. The zero-order valence-electron chi connectivity index (χ0n) is 13.0. The number of aromatic nitrogens is 2. The molecule has 1 heterocycles. The number of primary amides is 1. The molecule has 3 aromatic rings. The fourth-order valence-corrected chi connectivity index (χ4v) is 2.35. The Bertz CT molecular complexity index is 798. The van der Waals surface area contributed by atoms with E-state index in [0.717, 1.165) is 24.8 Å². The van der Waals surface area contributed by atoms with Crippen LogP contribution in [0, 0.1) is 0 Å². The highest BCUT2D eigenvalue weighted by Crippen LogP contribution is 2.20. The predicted molar refractivity (Wildman–Crippen MR) is 88.4 cm³/mol. The van der Waals surface area contributed by atoms with Crippen LogP contribution in [0.25, 0.3) is 11.4 Å². The number of carbonyl (C=O) groups is 1. The van der Waals surface area contributed by atoms with Gasteiger partial charge in [0, 0.05) is 12.0 Å². The summed E-state index contributed by atoms with van der Waals surface area (Å²) in [6.45, 7) is 0. The minimum Gasteiger partial charge on any atom is -0.411 e. The lowest BCUT2D eigenvalue weighted by molar-refractivity contribution is 0.211. The van der Waals surface area contributed by atoms with Crippen LogP contribution < -0.4 is 10.5 Å². The van der Waals surface area contributed by atoms with Crippen molar-refractivity contribution in [1.82, 2.24) is 10.1 Å². The average molecular weight is 323 g/mol. The van der Waals surface area contributed by atoms with Gasteiger partial charge in [-0.2, -0.15) is 4.98 Å². The number of nitrogens with zero attached hydrogens (tertiary/aromatic N) is 2. The Morgan fingerprint density at radius 3 is 2.50 bits per heavy atom. The summed E-state index contributed by atoms with van der Waals surface area (Å²) >= 11 is 0. The molecule has 0 aliphatic heterocycles. The maximum atomic E-state index is 10.7.